The summed E-state index contributed by atoms with van der Waals surface area (Å²) in [6.07, 6.45) is 0. The maximum Gasteiger partial charge on any atom is 0.244 e. The SMILES string of the molecule is Cc1ccc(-c2noc([C@@H](C)N3CCN([C@@H](C)C(=O)Nc4cc(C)no4)CC3)n2)cc1. The molecule has 0 bridgehead atoms. The lowest BCUT2D eigenvalue weighted by Crippen LogP contribution is -2.53. The lowest BCUT2D eigenvalue weighted by Gasteiger charge is -2.38. The lowest BCUT2D eigenvalue weighted by molar-refractivity contribution is -0.121. The van der Waals surface area contributed by atoms with Crippen molar-refractivity contribution in [2.24, 2.45) is 0 Å². The van der Waals surface area contributed by atoms with Gasteiger partial charge in [0.15, 0.2) is 0 Å². The molecule has 1 amide bonds. The molecule has 9 heteroatoms. The molecule has 2 atom stereocenters. The standard InChI is InChI=1S/C22H28N6O3/c1-14-5-7-18(8-6-14)20-24-22(31-26-20)17(4)28-11-9-27(10-12-28)16(3)21(29)23-19-13-15(2)25-30-19/h5-8,13,16-17H,9-12H2,1-4H3,(H,23,29)/t16-,17+/m0/s1. The first-order valence-corrected chi connectivity index (χ1v) is 10.5. The largest absolute Gasteiger partial charge is 0.338 e. The van der Waals surface area contributed by atoms with Crippen LogP contribution in [0, 0.1) is 13.8 Å². The number of piperazine rings is 1. The van der Waals surface area contributed by atoms with Gasteiger partial charge in [0.1, 0.15) is 0 Å². The van der Waals surface area contributed by atoms with Gasteiger partial charge in [0.25, 0.3) is 0 Å². The Hall–Kier alpha value is -3.04. The topological polar surface area (TPSA) is 101 Å². The zero-order valence-corrected chi connectivity index (χ0v) is 18.3. The number of nitrogens with one attached hydrogen (secondary N) is 1. The van der Waals surface area contributed by atoms with Crippen molar-refractivity contribution >= 4 is 11.8 Å². The molecule has 4 rings (SSSR count). The van der Waals surface area contributed by atoms with E-state index in [2.05, 4.69) is 37.3 Å². The molecule has 164 valence electrons. The molecule has 3 heterocycles. The molecule has 0 unspecified atom stereocenters. The molecule has 3 aromatic rings. The lowest BCUT2D eigenvalue weighted by atomic mass is 10.1. The summed E-state index contributed by atoms with van der Waals surface area (Å²) in [5, 5.41) is 10.7. The number of hydrogen-bond acceptors (Lipinski definition) is 8. The maximum absolute atomic E-state index is 12.5. The fraction of sp³-hybridized carbons (Fsp3) is 0.455. The Morgan fingerprint density at radius 2 is 1.68 bits per heavy atom. The third-order valence-electron chi connectivity index (χ3n) is 5.81. The maximum atomic E-state index is 12.5. The van der Waals surface area contributed by atoms with Gasteiger partial charge in [-0.1, -0.05) is 40.1 Å². The Balaban J connectivity index is 1.32. The van der Waals surface area contributed by atoms with Crippen LogP contribution in [0.4, 0.5) is 5.88 Å². The van der Waals surface area contributed by atoms with Gasteiger partial charge in [-0.3, -0.25) is 19.9 Å². The van der Waals surface area contributed by atoms with Gasteiger partial charge in [-0.05, 0) is 27.7 Å². The van der Waals surface area contributed by atoms with Gasteiger partial charge >= 0.3 is 0 Å². The summed E-state index contributed by atoms with van der Waals surface area (Å²) in [6.45, 7) is 11.0. The van der Waals surface area contributed by atoms with E-state index in [0.717, 1.165) is 37.4 Å². The van der Waals surface area contributed by atoms with Crippen LogP contribution >= 0.6 is 0 Å². The van der Waals surface area contributed by atoms with Crippen molar-refractivity contribution in [1.82, 2.24) is 25.1 Å². The zero-order valence-electron chi connectivity index (χ0n) is 18.3. The smallest absolute Gasteiger partial charge is 0.244 e. The average Bonchev–Trinajstić information content (AvgIpc) is 3.42. The van der Waals surface area contributed by atoms with E-state index >= 15 is 0 Å². The van der Waals surface area contributed by atoms with Crippen LogP contribution in [-0.4, -0.2) is 63.2 Å². The number of carbonyl (C=O) groups excluding carboxylic acids is 1. The number of aryl methyl sites for hydroxylation is 2. The van der Waals surface area contributed by atoms with Crippen LogP contribution in [0.25, 0.3) is 11.4 Å². The van der Waals surface area contributed by atoms with E-state index < -0.39 is 0 Å². The Morgan fingerprint density at radius 1 is 1.00 bits per heavy atom. The molecule has 1 fully saturated rings. The van der Waals surface area contributed by atoms with Crippen molar-refractivity contribution in [2.45, 2.75) is 39.8 Å². The first-order valence-electron chi connectivity index (χ1n) is 10.5. The average molecular weight is 425 g/mol. The fourth-order valence-electron chi connectivity index (χ4n) is 3.71. The first-order chi connectivity index (χ1) is 14.9. The summed E-state index contributed by atoms with van der Waals surface area (Å²) in [7, 11) is 0. The summed E-state index contributed by atoms with van der Waals surface area (Å²) >= 11 is 0. The second-order valence-corrected chi connectivity index (χ2v) is 8.07. The van der Waals surface area contributed by atoms with E-state index in [-0.39, 0.29) is 18.0 Å². The highest BCUT2D eigenvalue weighted by atomic mass is 16.5. The molecule has 0 aliphatic carbocycles. The summed E-state index contributed by atoms with van der Waals surface area (Å²) in [5.41, 5.74) is 2.87. The van der Waals surface area contributed by atoms with Crippen LogP contribution in [0.1, 0.15) is 37.0 Å². The van der Waals surface area contributed by atoms with Crippen LogP contribution in [0.3, 0.4) is 0 Å². The number of aromatic nitrogens is 3. The second kappa shape index (κ2) is 8.99. The molecule has 1 saturated heterocycles. The van der Waals surface area contributed by atoms with Crippen molar-refractivity contribution in [3.05, 3.63) is 47.5 Å². The Kier molecular flexibility index (Phi) is 6.15. The van der Waals surface area contributed by atoms with Crippen molar-refractivity contribution < 1.29 is 13.8 Å². The number of carbonyl (C=O) groups is 1. The van der Waals surface area contributed by atoms with Gasteiger partial charge in [0, 0.05) is 37.8 Å². The van der Waals surface area contributed by atoms with Gasteiger partial charge in [-0.15, -0.1) is 0 Å². The molecule has 1 N–H and O–H groups in total. The minimum atomic E-state index is -0.264. The van der Waals surface area contributed by atoms with Crippen LogP contribution in [-0.2, 0) is 4.79 Å². The predicted molar refractivity (Wildman–Crippen MR) is 115 cm³/mol. The van der Waals surface area contributed by atoms with E-state index in [4.69, 9.17) is 9.05 Å². The van der Waals surface area contributed by atoms with Crippen LogP contribution in [0.15, 0.2) is 39.4 Å². The van der Waals surface area contributed by atoms with E-state index in [0.29, 0.717) is 17.6 Å². The second-order valence-electron chi connectivity index (χ2n) is 8.07. The fourth-order valence-corrected chi connectivity index (χ4v) is 3.71. The third-order valence-corrected chi connectivity index (χ3v) is 5.81. The van der Waals surface area contributed by atoms with Crippen LogP contribution in [0.5, 0.6) is 0 Å². The number of amides is 1. The number of rotatable bonds is 6. The summed E-state index contributed by atoms with van der Waals surface area (Å²) in [4.78, 5) is 21.6. The molecular formula is C22H28N6O3. The van der Waals surface area contributed by atoms with E-state index in [9.17, 15) is 4.79 Å². The highest BCUT2D eigenvalue weighted by molar-refractivity contribution is 5.93. The number of anilines is 1. The minimum Gasteiger partial charge on any atom is -0.338 e. The van der Waals surface area contributed by atoms with Crippen molar-refractivity contribution in [3.8, 4) is 11.4 Å². The van der Waals surface area contributed by atoms with E-state index in [1.54, 1.807) is 6.07 Å². The molecular weight excluding hydrogens is 396 g/mol. The van der Waals surface area contributed by atoms with Gasteiger partial charge < -0.3 is 9.05 Å². The van der Waals surface area contributed by atoms with Crippen molar-refractivity contribution in [3.63, 3.8) is 0 Å². The Labute approximate surface area is 181 Å². The highest BCUT2D eigenvalue weighted by Crippen LogP contribution is 2.24. The van der Waals surface area contributed by atoms with Gasteiger partial charge in [0.05, 0.1) is 17.8 Å². The van der Waals surface area contributed by atoms with Crippen molar-refractivity contribution in [1.29, 1.82) is 0 Å². The number of nitrogens with zero attached hydrogens (tertiary/aromatic N) is 5. The summed E-state index contributed by atoms with van der Waals surface area (Å²) in [6, 6.07) is 9.53. The normalized spacial score (nSPS) is 17.4. The van der Waals surface area contributed by atoms with Crippen molar-refractivity contribution in [2.75, 3.05) is 31.5 Å². The third kappa shape index (κ3) is 4.83. The molecule has 0 spiro atoms. The molecule has 0 radical (unpaired) electrons. The van der Waals surface area contributed by atoms with E-state index in [1.165, 1.54) is 5.56 Å². The molecule has 2 aromatic heterocycles. The van der Waals surface area contributed by atoms with Gasteiger partial charge in [-0.2, -0.15) is 4.98 Å². The van der Waals surface area contributed by atoms with Gasteiger partial charge in [0.2, 0.25) is 23.5 Å². The van der Waals surface area contributed by atoms with Crippen LogP contribution < -0.4 is 5.32 Å². The molecule has 0 saturated carbocycles. The summed E-state index contributed by atoms with van der Waals surface area (Å²) in [5.74, 6) is 1.49. The predicted octanol–water partition coefficient (Wildman–Crippen LogP) is 3.05. The Bertz CT molecular complexity index is 1020. The number of hydrogen-bond donors (Lipinski definition) is 1. The molecule has 9 nitrogen and oxygen atoms in total. The quantitative estimate of drug-likeness (QED) is 0.644. The highest BCUT2D eigenvalue weighted by Gasteiger charge is 2.30. The molecule has 1 aromatic carbocycles. The monoisotopic (exact) mass is 424 g/mol. The molecule has 1 aliphatic heterocycles. The van der Waals surface area contributed by atoms with Gasteiger partial charge in [-0.25, -0.2) is 0 Å². The zero-order chi connectivity index (χ0) is 22.0. The number of benzene rings is 1. The first kappa shape index (κ1) is 21.2. The minimum absolute atomic E-state index is 0.00940. The van der Waals surface area contributed by atoms with E-state index in [1.807, 2.05) is 45.0 Å². The van der Waals surface area contributed by atoms with Crippen LogP contribution in [0.2, 0.25) is 0 Å². The molecule has 31 heavy (non-hydrogen) atoms. The molecule has 1 aliphatic rings. The summed E-state index contributed by atoms with van der Waals surface area (Å²) < 4.78 is 10.6. The Morgan fingerprint density at radius 3 is 2.32 bits per heavy atom.